The lowest BCUT2D eigenvalue weighted by atomic mass is 9.30. The number of aliphatic hydroxyl groups is 1. The summed E-state index contributed by atoms with van der Waals surface area (Å²) in [6, 6.07) is 0. The van der Waals surface area contributed by atoms with Crippen LogP contribution in [0.25, 0.3) is 0 Å². The Hall–Kier alpha value is -0.450. The number of Topliss-reactive ketones (excluding diaryl/α,β-unsaturated/α-hetero) is 1. The molecule has 6 fully saturated rings. The van der Waals surface area contributed by atoms with Crippen molar-refractivity contribution in [1.82, 2.24) is 0 Å². The molecule has 0 aromatic heterocycles. The van der Waals surface area contributed by atoms with Gasteiger partial charge in [-0.2, -0.15) is 0 Å². The Kier molecular flexibility index (Phi) is 1.21. The van der Waals surface area contributed by atoms with Gasteiger partial charge < -0.3 is 14.6 Å². The van der Waals surface area contributed by atoms with E-state index < -0.39 is 28.5 Å². The number of ketones is 1. The highest BCUT2D eigenvalue weighted by Crippen LogP contribution is 2.81. The predicted octanol–water partition coefficient (Wildman–Crippen LogP) is 0.517. The number of carbonyl (C=O) groups is 1. The summed E-state index contributed by atoms with van der Waals surface area (Å²) in [6.07, 6.45) is -0.405. The van der Waals surface area contributed by atoms with E-state index in [1.54, 1.807) is 0 Å². The van der Waals surface area contributed by atoms with Gasteiger partial charge in [0.05, 0.1) is 40.3 Å². The van der Waals surface area contributed by atoms with Gasteiger partial charge in [0.2, 0.25) is 0 Å². The summed E-state index contributed by atoms with van der Waals surface area (Å²) in [5.41, 5.74) is -2.08. The molecular formula is C14H18O4. The van der Waals surface area contributed by atoms with E-state index in [1.807, 2.05) is 27.7 Å². The van der Waals surface area contributed by atoms with Crippen LogP contribution < -0.4 is 0 Å². The molecule has 4 heterocycles. The van der Waals surface area contributed by atoms with Gasteiger partial charge in [-0.15, -0.1) is 0 Å². The molecule has 98 valence electrons. The Bertz CT molecular complexity index is 456. The summed E-state index contributed by atoms with van der Waals surface area (Å²) < 4.78 is 12.7. The summed E-state index contributed by atoms with van der Waals surface area (Å²) in [7, 11) is 0. The lowest BCUT2D eigenvalue weighted by molar-refractivity contribution is -0.534. The van der Waals surface area contributed by atoms with Crippen LogP contribution in [0.4, 0.5) is 0 Å². The maximum absolute atomic E-state index is 12.7. The van der Waals surface area contributed by atoms with Gasteiger partial charge in [0.25, 0.3) is 0 Å². The van der Waals surface area contributed by atoms with Crippen molar-refractivity contribution >= 4 is 5.78 Å². The number of hydrogen-bond acceptors (Lipinski definition) is 4. The summed E-state index contributed by atoms with van der Waals surface area (Å²) in [4.78, 5) is 12.7. The minimum absolute atomic E-state index is 0.0636. The molecular weight excluding hydrogens is 232 g/mol. The third-order valence-corrected chi connectivity index (χ3v) is 6.89. The predicted molar refractivity (Wildman–Crippen MR) is 60.8 cm³/mol. The minimum atomic E-state index is -0.519. The fourth-order valence-corrected chi connectivity index (χ4v) is 7.08. The zero-order valence-electron chi connectivity index (χ0n) is 11.1. The quantitative estimate of drug-likeness (QED) is 0.681. The molecule has 2 aliphatic carbocycles. The molecule has 0 aromatic carbocycles. The highest BCUT2D eigenvalue weighted by Gasteiger charge is 2.94. The summed E-state index contributed by atoms with van der Waals surface area (Å²) in [5.74, 6) is -0.214. The molecule has 1 N–H and O–H groups in total. The third kappa shape index (κ3) is 0.577. The Labute approximate surface area is 106 Å². The number of rotatable bonds is 0. The minimum Gasteiger partial charge on any atom is -0.392 e. The van der Waals surface area contributed by atoms with Crippen LogP contribution in [0.15, 0.2) is 0 Å². The van der Waals surface area contributed by atoms with Crippen molar-refractivity contribution in [2.24, 2.45) is 23.7 Å². The lowest BCUT2D eigenvalue weighted by Crippen LogP contribution is -3.01. The largest absolute Gasteiger partial charge is 0.392 e. The number of aliphatic hydroxyl groups excluding tert-OH is 1. The molecule has 0 spiro atoms. The average Bonchev–Trinajstić information content (AvgIpc) is 2.08. The van der Waals surface area contributed by atoms with Gasteiger partial charge >= 0.3 is 0 Å². The first-order chi connectivity index (χ1) is 8.21. The van der Waals surface area contributed by atoms with Crippen molar-refractivity contribution < 1.29 is 19.4 Å². The van der Waals surface area contributed by atoms with Gasteiger partial charge in [0, 0.05) is 11.8 Å². The maximum atomic E-state index is 12.7. The zero-order chi connectivity index (χ0) is 12.9. The van der Waals surface area contributed by atoms with Crippen LogP contribution in [0, 0.1) is 23.7 Å². The van der Waals surface area contributed by atoms with Crippen molar-refractivity contribution in [2.75, 3.05) is 0 Å². The lowest BCUT2D eigenvalue weighted by Gasteiger charge is -2.88. The molecule has 4 saturated heterocycles. The van der Waals surface area contributed by atoms with Crippen molar-refractivity contribution in [2.45, 2.75) is 56.2 Å². The van der Waals surface area contributed by atoms with Crippen LogP contribution in [-0.2, 0) is 14.3 Å². The molecule has 0 radical (unpaired) electrons. The first-order valence-corrected chi connectivity index (χ1v) is 6.83. The highest BCUT2D eigenvalue weighted by molar-refractivity contribution is 5.94. The van der Waals surface area contributed by atoms with Crippen LogP contribution in [0.1, 0.15) is 27.7 Å². The smallest absolute Gasteiger partial charge is 0.150 e. The van der Waals surface area contributed by atoms with E-state index in [1.165, 1.54) is 0 Å². The van der Waals surface area contributed by atoms with Gasteiger partial charge in [-0.05, 0) is 27.7 Å². The van der Waals surface area contributed by atoms with Gasteiger partial charge in [0.1, 0.15) is 0 Å². The molecule has 2 saturated carbocycles. The fraction of sp³-hybridized carbons (Fsp3) is 0.929. The molecule has 6 rings (SSSR count). The van der Waals surface area contributed by atoms with Crippen LogP contribution >= 0.6 is 0 Å². The van der Waals surface area contributed by atoms with Crippen molar-refractivity contribution in [1.29, 1.82) is 0 Å². The second-order valence-corrected chi connectivity index (χ2v) is 7.65. The molecule has 4 atom stereocenters. The van der Waals surface area contributed by atoms with E-state index in [-0.39, 0.29) is 23.7 Å². The second-order valence-electron chi connectivity index (χ2n) is 7.65. The molecule has 0 amide bonds. The first kappa shape index (κ1) is 10.4. The average molecular weight is 250 g/mol. The van der Waals surface area contributed by atoms with Crippen LogP contribution in [-0.4, -0.2) is 39.4 Å². The molecule has 8 bridgehead atoms. The van der Waals surface area contributed by atoms with Crippen LogP contribution in [0.5, 0.6) is 0 Å². The van der Waals surface area contributed by atoms with Gasteiger partial charge in [-0.25, -0.2) is 0 Å². The normalized spacial score (nSPS) is 78.3. The van der Waals surface area contributed by atoms with E-state index in [4.69, 9.17) is 9.47 Å². The van der Waals surface area contributed by atoms with Gasteiger partial charge in [-0.3, -0.25) is 4.79 Å². The molecule has 6 aliphatic rings. The van der Waals surface area contributed by atoms with E-state index in [9.17, 15) is 9.90 Å². The summed E-state index contributed by atoms with van der Waals surface area (Å²) in [6.45, 7) is 7.92. The monoisotopic (exact) mass is 250 g/mol. The summed E-state index contributed by atoms with van der Waals surface area (Å²) >= 11 is 0. The first-order valence-electron chi connectivity index (χ1n) is 6.83. The molecule has 4 unspecified atom stereocenters. The fourth-order valence-electron chi connectivity index (χ4n) is 7.08. The molecule has 0 aromatic rings. The SMILES string of the molecule is CC12OC3(C)C4C(=O)C1C1(C)OC4(C)C3C(O)C21. The van der Waals surface area contributed by atoms with Crippen LogP contribution in [0.3, 0.4) is 0 Å². The van der Waals surface area contributed by atoms with E-state index in [2.05, 4.69) is 0 Å². The Morgan fingerprint density at radius 3 is 1.56 bits per heavy atom. The van der Waals surface area contributed by atoms with E-state index in [0.717, 1.165) is 0 Å². The van der Waals surface area contributed by atoms with Crippen molar-refractivity contribution in [3.05, 3.63) is 0 Å². The van der Waals surface area contributed by atoms with E-state index in [0.29, 0.717) is 5.78 Å². The number of ether oxygens (including phenoxy) is 2. The number of hydrogen-bond donors (Lipinski definition) is 1. The van der Waals surface area contributed by atoms with E-state index >= 15 is 0 Å². The maximum Gasteiger partial charge on any atom is 0.150 e. The number of carbonyl (C=O) groups excluding carboxylic acids is 1. The molecule has 4 nitrogen and oxygen atoms in total. The topological polar surface area (TPSA) is 55.8 Å². The van der Waals surface area contributed by atoms with Gasteiger partial charge in [0.15, 0.2) is 5.78 Å². The van der Waals surface area contributed by atoms with Crippen molar-refractivity contribution in [3.63, 3.8) is 0 Å². The Balaban J connectivity index is 1.84. The Morgan fingerprint density at radius 1 is 0.889 bits per heavy atom. The molecule has 18 heavy (non-hydrogen) atoms. The molecule has 4 aliphatic heterocycles. The standard InChI is InChI=1S/C14H18O4/c1-11-7-5(15)9-13(3,17-11)10-6(16)8(11)12(7,2)18-14(9,10)4/h5,7-10,15H,1-4H3. The highest BCUT2D eigenvalue weighted by atomic mass is 16.6. The molecule has 4 heteroatoms. The van der Waals surface area contributed by atoms with Gasteiger partial charge in [-0.1, -0.05) is 0 Å². The second kappa shape index (κ2) is 2.11. The van der Waals surface area contributed by atoms with Crippen molar-refractivity contribution in [3.8, 4) is 0 Å². The zero-order valence-corrected chi connectivity index (χ0v) is 11.1. The summed E-state index contributed by atoms with van der Waals surface area (Å²) in [5, 5.41) is 10.7. The van der Waals surface area contributed by atoms with Crippen LogP contribution in [0.2, 0.25) is 0 Å². The third-order valence-electron chi connectivity index (χ3n) is 6.89. The Morgan fingerprint density at radius 2 is 1.22 bits per heavy atom.